The van der Waals surface area contributed by atoms with Crippen molar-refractivity contribution >= 4 is 45.0 Å². The van der Waals surface area contributed by atoms with Gasteiger partial charge in [-0.25, -0.2) is 13.2 Å². The minimum absolute atomic E-state index is 0.237. The number of carbonyl (C=O) groups is 2. The van der Waals surface area contributed by atoms with Gasteiger partial charge in [0.15, 0.2) is 0 Å². The van der Waals surface area contributed by atoms with Crippen molar-refractivity contribution in [3.8, 4) is 5.75 Å². The van der Waals surface area contributed by atoms with Crippen LogP contribution in [0.2, 0.25) is 0 Å². The minimum atomic E-state index is -3.35. The Balaban J connectivity index is 2.07. The molecule has 0 atom stereocenters. The van der Waals surface area contributed by atoms with Crippen LogP contribution in [0.4, 0.5) is 16.2 Å². The fourth-order valence-electron chi connectivity index (χ4n) is 3.83. The topological polar surface area (TPSA) is 105 Å². The lowest BCUT2D eigenvalue weighted by molar-refractivity contribution is -0.120. The van der Waals surface area contributed by atoms with Crippen molar-refractivity contribution in [2.45, 2.75) is 39.5 Å². The molecule has 1 saturated heterocycles. The molecule has 0 spiro atoms. The van der Waals surface area contributed by atoms with Gasteiger partial charge in [-0.05, 0) is 53.8 Å². The molecule has 1 aliphatic heterocycles. The largest absolute Gasteiger partial charge is 0.496 e. The highest BCUT2D eigenvalue weighted by Gasteiger charge is 2.28. The smallest absolute Gasteiger partial charge is 0.328 e. The molecule has 8 nitrogen and oxygen atoms in total. The van der Waals surface area contributed by atoms with E-state index in [1.807, 2.05) is 37.3 Å². The zero-order valence-corrected chi connectivity index (χ0v) is 21.2. The summed E-state index contributed by atoms with van der Waals surface area (Å²) in [6.07, 6.45) is 3.32. The van der Waals surface area contributed by atoms with Gasteiger partial charge in [-0.1, -0.05) is 32.9 Å². The summed E-state index contributed by atoms with van der Waals surface area (Å²) >= 11 is 0. The fourth-order valence-corrected chi connectivity index (χ4v) is 4.39. The van der Waals surface area contributed by atoms with Crippen LogP contribution in [0.15, 0.2) is 36.4 Å². The normalized spacial score (nSPS) is 15.2. The Hall–Kier alpha value is -3.33. The van der Waals surface area contributed by atoms with E-state index < -0.39 is 16.1 Å². The molecule has 0 aliphatic carbocycles. The maximum absolute atomic E-state index is 12.5. The van der Waals surface area contributed by atoms with E-state index in [-0.39, 0.29) is 17.7 Å². The maximum atomic E-state index is 12.5. The van der Waals surface area contributed by atoms with Gasteiger partial charge < -0.3 is 4.74 Å². The number of hydrogen-bond acceptors (Lipinski definition) is 5. The molecular weight excluding hydrogens is 454 g/mol. The third kappa shape index (κ3) is 5.96. The first-order valence-corrected chi connectivity index (χ1v) is 12.8. The Kier molecular flexibility index (Phi) is 7.07. The first-order chi connectivity index (χ1) is 15.8. The van der Waals surface area contributed by atoms with Crippen molar-refractivity contribution in [1.29, 1.82) is 0 Å². The third-order valence-corrected chi connectivity index (χ3v) is 6.10. The first kappa shape index (κ1) is 25.3. The van der Waals surface area contributed by atoms with Gasteiger partial charge in [0.05, 0.1) is 13.4 Å². The van der Waals surface area contributed by atoms with Gasteiger partial charge in [-0.15, -0.1) is 0 Å². The van der Waals surface area contributed by atoms with Crippen LogP contribution in [0.3, 0.4) is 0 Å². The van der Waals surface area contributed by atoms with Crippen LogP contribution in [-0.2, 0) is 20.2 Å². The number of amides is 3. The Morgan fingerprint density at radius 2 is 1.79 bits per heavy atom. The molecule has 1 heterocycles. The number of imide groups is 1. The predicted octanol–water partition coefficient (Wildman–Crippen LogP) is 4.37. The van der Waals surface area contributed by atoms with E-state index in [1.54, 1.807) is 24.1 Å². The van der Waals surface area contributed by atoms with Crippen LogP contribution in [0.25, 0.3) is 11.6 Å². The number of allylic oxidation sites excluding steroid dienone is 1. The summed E-state index contributed by atoms with van der Waals surface area (Å²) in [5.74, 6) is 0.426. The quantitative estimate of drug-likeness (QED) is 0.591. The second kappa shape index (κ2) is 9.50. The molecule has 1 aliphatic rings. The van der Waals surface area contributed by atoms with Crippen molar-refractivity contribution in [2.75, 3.05) is 29.5 Å². The molecule has 0 radical (unpaired) electrons. The Morgan fingerprint density at radius 1 is 1.15 bits per heavy atom. The monoisotopic (exact) mass is 485 g/mol. The fraction of sp³-hybridized carbons (Fsp3) is 0.360. The molecule has 3 amide bonds. The molecule has 0 unspecified atom stereocenters. The summed E-state index contributed by atoms with van der Waals surface area (Å²) < 4.78 is 31.2. The average molecular weight is 486 g/mol. The van der Waals surface area contributed by atoms with Crippen molar-refractivity contribution < 1.29 is 22.7 Å². The SMILES string of the molecule is COc1c(/C=C(\C)c2ccc(NS(C)(=O)=O)cc2)cc(N2CCC(=O)NC2=O)cc1C(C)(C)C. The summed E-state index contributed by atoms with van der Waals surface area (Å²) in [6.45, 7) is 8.47. The Morgan fingerprint density at radius 3 is 2.32 bits per heavy atom. The number of sulfonamides is 1. The van der Waals surface area contributed by atoms with Crippen LogP contribution < -0.4 is 19.7 Å². The predicted molar refractivity (Wildman–Crippen MR) is 136 cm³/mol. The van der Waals surface area contributed by atoms with Gasteiger partial charge in [0.2, 0.25) is 15.9 Å². The number of hydrogen-bond donors (Lipinski definition) is 2. The highest BCUT2D eigenvalue weighted by molar-refractivity contribution is 7.92. The number of nitrogens with one attached hydrogen (secondary N) is 2. The molecule has 182 valence electrons. The van der Waals surface area contributed by atoms with Gasteiger partial charge in [0.1, 0.15) is 5.75 Å². The van der Waals surface area contributed by atoms with Crippen LogP contribution >= 0.6 is 0 Å². The molecule has 34 heavy (non-hydrogen) atoms. The van der Waals surface area contributed by atoms with Gasteiger partial charge in [-0.2, -0.15) is 0 Å². The van der Waals surface area contributed by atoms with Gasteiger partial charge in [0.25, 0.3) is 0 Å². The Bertz CT molecular complexity index is 1240. The summed E-state index contributed by atoms with van der Waals surface area (Å²) in [5.41, 5.74) is 4.47. The van der Waals surface area contributed by atoms with Crippen molar-refractivity contribution in [3.63, 3.8) is 0 Å². The standard InChI is InChI=1S/C25H31N3O5S/c1-16(17-7-9-19(10-8-17)27-34(6,31)32)13-18-14-20(28-12-11-22(29)26-24(28)30)15-21(23(18)33-5)25(2,3)4/h7-10,13-15,27H,11-12H2,1-6H3,(H,26,29,30)/b16-13+. The second-order valence-electron chi connectivity index (χ2n) is 9.40. The van der Waals surface area contributed by atoms with Crippen molar-refractivity contribution in [2.24, 2.45) is 0 Å². The van der Waals surface area contributed by atoms with E-state index in [2.05, 4.69) is 30.8 Å². The number of methoxy groups -OCH3 is 1. The third-order valence-electron chi connectivity index (χ3n) is 5.50. The summed E-state index contributed by atoms with van der Waals surface area (Å²) in [5, 5.41) is 2.37. The molecule has 1 fully saturated rings. The molecular formula is C25H31N3O5S. The molecule has 2 aromatic carbocycles. The van der Waals surface area contributed by atoms with Gasteiger partial charge in [0, 0.05) is 35.5 Å². The van der Waals surface area contributed by atoms with Crippen LogP contribution in [0, 0.1) is 0 Å². The summed E-state index contributed by atoms with van der Waals surface area (Å²) in [4.78, 5) is 25.7. The van der Waals surface area contributed by atoms with Crippen molar-refractivity contribution in [1.82, 2.24) is 5.32 Å². The van der Waals surface area contributed by atoms with E-state index in [0.29, 0.717) is 23.7 Å². The van der Waals surface area contributed by atoms with Gasteiger partial charge >= 0.3 is 6.03 Å². The van der Waals surface area contributed by atoms with Crippen LogP contribution in [0.5, 0.6) is 5.75 Å². The van der Waals surface area contributed by atoms with Gasteiger partial charge in [-0.3, -0.25) is 19.7 Å². The van der Waals surface area contributed by atoms with E-state index in [9.17, 15) is 18.0 Å². The average Bonchev–Trinajstić information content (AvgIpc) is 2.72. The first-order valence-electron chi connectivity index (χ1n) is 10.9. The maximum Gasteiger partial charge on any atom is 0.328 e. The highest BCUT2D eigenvalue weighted by atomic mass is 32.2. The van der Waals surface area contributed by atoms with Crippen molar-refractivity contribution in [3.05, 3.63) is 53.1 Å². The number of benzene rings is 2. The summed E-state index contributed by atoms with van der Waals surface area (Å²) in [7, 11) is -1.73. The molecule has 0 bridgehead atoms. The lowest BCUT2D eigenvalue weighted by atomic mass is 9.84. The van der Waals surface area contributed by atoms with E-state index in [0.717, 1.165) is 28.5 Å². The van der Waals surface area contributed by atoms with E-state index >= 15 is 0 Å². The number of carbonyl (C=O) groups excluding carboxylic acids is 2. The van der Waals surface area contributed by atoms with Crippen LogP contribution in [-0.4, -0.2) is 40.3 Å². The molecule has 0 aromatic heterocycles. The number of nitrogens with zero attached hydrogens (tertiary/aromatic N) is 1. The molecule has 9 heteroatoms. The highest BCUT2D eigenvalue weighted by Crippen LogP contribution is 2.39. The number of anilines is 2. The second-order valence-corrected chi connectivity index (χ2v) is 11.1. The van der Waals surface area contributed by atoms with Crippen LogP contribution in [0.1, 0.15) is 50.8 Å². The molecule has 2 aromatic rings. The molecule has 3 rings (SSSR count). The number of rotatable bonds is 6. The molecule has 2 N–H and O–H groups in total. The number of urea groups is 1. The zero-order chi connectivity index (χ0) is 25.3. The zero-order valence-electron chi connectivity index (χ0n) is 20.4. The van der Waals surface area contributed by atoms with E-state index in [4.69, 9.17) is 4.74 Å². The van der Waals surface area contributed by atoms with E-state index in [1.165, 1.54) is 0 Å². The summed E-state index contributed by atoms with van der Waals surface area (Å²) in [6, 6.07) is 10.5. The Labute approximate surface area is 201 Å². The lowest BCUT2D eigenvalue weighted by Gasteiger charge is -2.30. The molecule has 0 saturated carbocycles. The lowest BCUT2D eigenvalue weighted by Crippen LogP contribution is -2.49. The minimum Gasteiger partial charge on any atom is -0.496 e. The number of ether oxygens (including phenoxy) is 1.